The Balaban J connectivity index is 2.26. The van der Waals surface area contributed by atoms with Crippen LogP contribution >= 0.6 is 0 Å². The van der Waals surface area contributed by atoms with Crippen LogP contribution < -0.4 is 5.32 Å². The van der Waals surface area contributed by atoms with Crippen molar-refractivity contribution in [3.8, 4) is 6.07 Å². The van der Waals surface area contributed by atoms with Gasteiger partial charge in [0.1, 0.15) is 17.3 Å². The van der Waals surface area contributed by atoms with E-state index in [1.807, 2.05) is 6.07 Å². The van der Waals surface area contributed by atoms with Crippen molar-refractivity contribution >= 4 is 5.69 Å². The lowest BCUT2D eigenvalue weighted by Crippen LogP contribution is -2.09. The van der Waals surface area contributed by atoms with E-state index in [-0.39, 0.29) is 11.7 Å². The molecular weight excluding hydrogens is 246 g/mol. The predicted octanol–water partition coefficient (Wildman–Crippen LogP) is 4.01. The molecule has 2 rings (SSSR count). The van der Waals surface area contributed by atoms with E-state index >= 15 is 0 Å². The molecule has 2 nitrogen and oxygen atoms in total. The van der Waals surface area contributed by atoms with E-state index in [1.54, 1.807) is 31.2 Å². The largest absolute Gasteiger partial charge is 0.374 e. The molecule has 1 unspecified atom stereocenters. The van der Waals surface area contributed by atoms with Crippen molar-refractivity contribution in [2.24, 2.45) is 0 Å². The Hall–Kier alpha value is -2.41. The SMILES string of the molecule is CC(Nc1c(F)cccc1F)c1cccc(C#N)c1. The number of halogens is 2. The minimum absolute atomic E-state index is 0.155. The van der Waals surface area contributed by atoms with Crippen molar-refractivity contribution in [3.05, 3.63) is 65.2 Å². The zero-order chi connectivity index (χ0) is 13.8. The van der Waals surface area contributed by atoms with Crippen molar-refractivity contribution in [3.63, 3.8) is 0 Å². The fraction of sp³-hybridized carbons (Fsp3) is 0.133. The second kappa shape index (κ2) is 5.49. The minimum atomic E-state index is -0.636. The van der Waals surface area contributed by atoms with Gasteiger partial charge in [0.25, 0.3) is 0 Å². The van der Waals surface area contributed by atoms with Crippen LogP contribution in [0.15, 0.2) is 42.5 Å². The Kier molecular flexibility index (Phi) is 3.76. The Morgan fingerprint density at radius 3 is 2.37 bits per heavy atom. The molecule has 2 aromatic carbocycles. The molecule has 0 radical (unpaired) electrons. The molecule has 1 atom stereocenters. The Labute approximate surface area is 110 Å². The number of anilines is 1. The van der Waals surface area contributed by atoms with E-state index in [0.29, 0.717) is 5.56 Å². The summed E-state index contributed by atoms with van der Waals surface area (Å²) in [5, 5.41) is 11.6. The summed E-state index contributed by atoms with van der Waals surface area (Å²) in [6.45, 7) is 1.78. The van der Waals surface area contributed by atoms with Gasteiger partial charge < -0.3 is 5.32 Å². The van der Waals surface area contributed by atoms with E-state index in [2.05, 4.69) is 5.32 Å². The fourth-order valence-corrected chi connectivity index (χ4v) is 1.81. The molecule has 0 fully saturated rings. The molecule has 0 amide bonds. The third-order valence-electron chi connectivity index (χ3n) is 2.84. The van der Waals surface area contributed by atoms with E-state index < -0.39 is 11.6 Å². The monoisotopic (exact) mass is 258 g/mol. The summed E-state index contributed by atoms with van der Waals surface area (Å²) in [5.74, 6) is -1.27. The highest BCUT2D eigenvalue weighted by Gasteiger charge is 2.12. The molecule has 0 saturated carbocycles. The lowest BCUT2D eigenvalue weighted by Gasteiger charge is -2.17. The topological polar surface area (TPSA) is 35.8 Å². The molecule has 19 heavy (non-hydrogen) atoms. The first-order chi connectivity index (χ1) is 9.11. The molecule has 0 saturated heterocycles. The van der Waals surface area contributed by atoms with Crippen LogP contribution in [0.2, 0.25) is 0 Å². The van der Waals surface area contributed by atoms with Gasteiger partial charge in [0.05, 0.1) is 11.6 Å². The van der Waals surface area contributed by atoms with Gasteiger partial charge in [-0.2, -0.15) is 5.26 Å². The standard InChI is InChI=1S/C15H12F2N2/c1-10(12-5-2-4-11(8-12)9-18)19-15-13(16)6-3-7-14(15)17/h2-8,10,19H,1H3. The maximum absolute atomic E-state index is 13.5. The van der Waals surface area contributed by atoms with Gasteiger partial charge in [-0.05, 0) is 36.8 Å². The van der Waals surface area contributed by atoms with Gasteiger partial charge in [0.15, 0.2) is 0 Å². The van der Waals surface area contributed by atoms with E-state index in [4.69, 9.17) is 5.26 Å². The Bertz CT molecular complexity index is 612. The first kappa shape index (κ1) is 13.0. The first-order valence-corrected chi connectivity index (χ1v) is 5.82. The summed E-state index contributed by atoms with van der Waals surface area (Å²) in [4.78, 5) is 0. The van der Waals surface area contributed by atoms with E-state index in [1.165, 1.54) is 18.2 Å². The Morgan fingerprint density at radius 2 is 1.74 bits per heavy atom. The molecule has 1 N–H and O–H groups in total. The quantitative estimate of drug-likeness (QED) is 0.902. The van der Waals surface area contributed by atoms with Crippen LogP contribution in [0.1, 0.15) is 24.1 Å². The maximum Gasteiger partial charge on any atom is 0.149 e. The molecular formula is C15H12F2N2. The average molecular weight is 258 g/mol. The van der Waals surface area contributed by atoms with Gasteiger partial charge in [0, 0.05) is 6.04 Å². The Morgan fingerprint density at radius 1 is 1.11 bits per heavy atom. The molecule has 96 valence electrons. The lowest BCUT2D eigenvalue weighted by atomic mass is 10.1. The average Bonchev–Trinajstić information content (AvgIpc) is 2.43. The normalized spacial score (nSPS) is 11.7. The second-order valence-electron chi connectivity index (χ2n) is 4.20. The van der Waals surface area contributed by atoms with E-state index in [0.717, 1.165) is 5.56 Å². The van der Waals surface area contributed by atoms with Gasteiger partial charge in [-0.25, -0.2) is 8.78 Å². The summed E-state index contributed by atoms with van der Waals surface area (Å²) < 4.78 is 27.0. The zero-order valence-corrected chi connectivity index (χ0v) is 10.3. The van der Waals surface area contributed by atoms with Gasteiger partial charge in [-0.15, -0.1) is 0 Å². The molecule has 0 aliphatic rings. The van der Waals surface area contributed by atoms with Crippen molar-refractivity contribution < 1.29 is 8.78 Å². The highest BCUT2D eigenvalue weighted by molar-refractivity contribution is 5.48. The predicted molar refractivity (Wildman–Crippen MR) is 69.6 cm³/mol. The van der Waals surface area contributed by atoms with E-state index in [9.17, 15) is 8.78 Å². The van der Waals surface area contributed by atoms with Crippen LogP contribution in [-0.4, -0.2) is 0 Å². The molecule has 0 heterocycles. The summed E-state index contributed by atoms with van der Waals surface area (Å²) in [5.41, 5.74) is 1.15. The number of rotatable bonds is 3. The number of hydrogen-bond donors (Lipinski definition) is 1. The third-order valence-corrected chi connectivity index (χ3v) is 2.84. The number of nitrogens with one attached hydrogen (secondary N) is 1. The van der Waals surface area contributed by atoms with Crippen molar-refractivity contribution in [1.82, 2.24) is 0 Å². The number of benzene rings is 2. The van der Waals surface area contributed by atoms with Gasteiger partial charge in [-0.3, -0.25) is 0 Å². The summed E-state index contributed by atoms with van der Waals surface area (Å²) in [7, 11) is 0. The third kappa shape index (κ3) is 2.89. The molecule has 0 aromatic heterocycles. The van der Waals surface area contributed by atoms with Gasteiger partial charge in [0.2, 0.25) is 0 Å². The molecule has 4 heteroatoms. The first-order valence-electron chi connectivity index (χ1n) is 5.82. The highest BCUT2D eigenvalue weighted by atomic mass is 19.1. The number of nitriles is 1. The number of para-hydroxylation sites is 1. The second-order valence-corrected chi connectivity index (χ2v) is 4.20. The van der Waals surface area contributed by atoms with Crippen molar-refractivity contribution in [1.29, 1.82) is 5.26 Å². The van der Waals surface area contributed by atoms with Crippen LogP contribution in [0.25, 0.3) is 0 Å². The van der Waals surface area contributed by atoms with Gasteiger partial charge >= 0.3 is 0 Å². The van der Waals surface area contributed by atoms with Gasteiger partial charge in [-0.1, -0.05) is 18.2 Å². The van der Waals surface area contributed by atoms with Crippen LogP contribution in [0.5, 0.6) is 0 Å². The van der Waals surface area contributed by atoms with Crippen molar-refractivity contribution in [2.45, 2.75) is 13.0 Å². The summed E-state index contributed by atoms with van der Waals surface area (Å²) >= 11 is 0. The number of nitrogens with zero attached hydrogens (tertiary/aromatic N) is 1. The van der Waals surface area contributed by atoms with Crippen LogP contribution in [-0.2, 0) is 0 Å². The summed E-state index contributed by atoms with van der Waals surface area (Å²) in [6.07, 6.45) is 0. The minimum Gasteiger partial charge on any atom is -0.374 e. The fourth-order valence-electron chi connectivity index (χ4n) is 1.81. The summed E-state index contributed by atoms with van der Waals surface area (Å²) in [6, 6.07) is 12.4. The molecule has 0 bridgehead atoms. The van der Waals surface area contributed by atoms with Crippen LogP contribution in [0, 0.1) is 23.0 Å². The smallest absolute Gasteiger partial charge is 0.149 e. The highest BCUT2D eigenvalue weighted by Crippen LogP contribution is 2.24. The van der Waals surface area contributed by atoms with Crippen LogP contribution in [0.3, 0.4) is 0 Å². The molecule has 2 aromatic rings. The maximum atomic E-state index is 13.5. The molecule has 0 spiro atoms. The molecule has 0 aliphatic carbocycles. The zero-order valence-electron chi connectivity index (χ0n) is 10.3. The van der Waals surface area contributed by atoms with Crippen LogP contribution in [0.4, 0.5) is 14.5 Å². The van der Waals surface area contributed by atoms with Crippen molar-refractivity contribution in [2.75, 3.05) is 5.32 Å². The molecule has 0 aliphatic heterocycles. The lowest BCUT2D eigenvalue weighted by molar-refractivity contribution is 0.584. The number of hydrogen-bond acceptors (Lipinski definition) is 2.